The van der Waals surface area contributed by atoms with Crippen LogP contribution in [0.15, 0.2) is 11.1 Å². The third-order valence-corrected chi connectivity index (χ3v) is 3.59. The van der Waals surface area contributed by atoms with Crippen molar-refractivity contribution in [3.63, 3.8) is 0 Å². The van der Waals surface area contributed by atoms with Crippen molar-refractivity contribution < 1.29 is 9.53 Å². The standard InChI is InChI=1S/C14H19N3O2S/c1-10-7-11(2)17-14(12(10)8-15)20-9-13(18)16-5-4-6-19-3/h7H,4-6,9H2,1-3H3,(H,16,18). The SMILES string of the molecule is COCCCNC(=O)CSc1nc(C)cc(C)c1C#N. The molecule has 1 N–H and O–H groups in total. The van der Waals surface area contributed by atoms with Crippen molar-refractivity contribution in [3.8, 4) is 6.07 Å². The summed E-state index contributed by atoms with van der Waals surface area (Å²) < 4.78 is 4.91. The second-order valence-corrected chi connectivity index (χ2v) is 5.32. The predicted octanol–water partition coefficient (Wildman–Crippen LogP) is 1.81. The first-order valence-corrected chi connectivity index (χ1v) is 7.33. The Kier molecular flexibility index (Phi) is 7.05. The van der Waals surface area contributed by atoms with Crippen molar-refractivity contribution in [3.05, 3.63) is 22.9 Å². The summed E-state index contributed by atoms with van der Waals surface area (Å²) in [6.07, 6.45) is 0.790. The van der Waals surface area contributed by atoms with E-state index in [4.69, 9.17) is 10.00 Å². The maximum atomic E-state index is 11.7. The average molecular weight is 293 g/mol. The van der Waals surface area contributed by atoms with E-state index >= 15 is 0 Å². The van der Waals surface area contributed by atoms with E-state index in [-0.39, 0.29) is 11.7 Å². The first kappa shape index (κ1) is 16.5. The smallest absolute Gasteiger partial charge is 0.230 e. The third kappa shape index (κ3) is 5.19. The van der Waals surface area contributed by atoms with Crippen LogP contribution >= 0.6 is 11.8 Å². The van der Waals surface area contributed by atoms with Gasteiger partial charge in [-0.15, -0.1) is 0 Å². The van der Waals surface area contributed by atoms with Crippen molar-refractivity contribution in [2.24, 2.45) is 0 Å². The summed E-state index contributed by atoms with van der Waals surface area (Å²) in [7, 11) is 1.63. The van der Waals surface area contributed by atoms with E-state index < -0.39 is 0 Å². The molecule has 0 unspecified atom stereocenters. The van der Waals surface area contributed by atoms with Crippen molar-refractivity contribution in [1.29, 1.82) is 5.26 Å². The summed E-state index contributed by atoms with van der Waals surface area (Å²) in [6, 6.07) is 4.01. The van der Waals surface area contributed by atoms with Crippen molar-refractivity contribution in [2.75, 3.05) is 26.0 Å². The Morgan fingerprint density at radius 2 is 2.30 bits per heavy atom. The fourth-order valence-electron chi connectivity index (χ4n) is 1.67. The zero-order chi connectivity index (χ0) is 15.0. The molecule has 0 aliphatic heterocycles. The summed E-state index contributed by atoms with van der Waals surface area (Å²) in [5.74, 6) is 0.202. The Bertz CT molecular complexity index is 512. The van der Waals surface area contributed by atoms with Crippen LogP contribution in [0.4, 0.5) is 0 Å². The molecule has 0 aliphatic rings. The minimum absolute atomic E-state index is 0.0593. The van der Waals surface area contributed by atoms with Crippen LogP contribution in [0.5, 0.6) is 0 Å². The number of pyridine rings is 1. The fourth-order valence-corrected chi connectivity index (χ4v) is 2.60. The van der Waals surface area contributed by atoms with Crippen LogP contribution in [0.25, 0.3) is 0 Å². The van der Waals surface area contributed by atoms with Crippen molar-refractivity contribution >= 4 is 17.7 Å². The van der Waals surface area contributed by atoms with Gasteiger partial charge in [-0.3, -0.25) is 4.79 Å². The summed E-state index contributed by atoms with van der Waals surface area (Å²) in [4.78, 5) is 16.0. The monoisotopic (exact) mass is 293 g/mol. The summed E-state index contributed by atoms with van der Waals surface area (Å²) in [5, 5.41) is 12.6. The zero-order valence-corrected chi connectivity index (χ0v) is 12.8. The van der Waals surface area contributed by atoms with E-state index in [9.17, 15) is 4.79 Å². The summed E-state index contributed by atoms with van der Waals surface area (Å²) in [5.41, 5.74) is 2.29. The Labute approximate surface area is 123 Å². The molecule has 0 fully saturated rings. The molecule has 108 valence electrons. The van der Waals surface area contributed by atoms with Crippen molar-refractivity contribution in [2.45, 2.75) is 25.3 Å². The largest absolute Gasteiger partial charge is 0.385 e. The number of aryl methyl sites for hydroxylation is 2. The van der Waals surface area contributed by atoms with Gasteiger partial charge in [-0.2, -0.15) is 5.26 Å². The van der Waals surface area contributed by atoms with Gasteiger partial charge in [0.25, 0.3) is 0 Å². The number of rotatable bonds is 7. The molecule has 1 aromatic heterocycles. The number of thioether (sulfide) groups is 1. The first-order chi connectivity index (χ1) is 9.58. The lowest BCUT2D eigenvalue weighted by molar-refractivity contribution is -0.118. The predicted molar refractivity (Wildman–Crippen MR) is 78.7 cm³/mol. The quantitative estimate of drug-likeness (QED) is 0.613. The van der Waals surface area contributed by atoms with E-state index in [0.29, 0.717) is 23.7 Å². The van der Waals surface area contributed by atoms with Crippen LogP contribution in [0.2, 0.25) is 0 Å². The molecule has 20 heavy (non-hydrogen) atoms. The molecule has 5 nitrogen and oxygen atoms in total. The number of hydrogen-bond acceptors (Lipinski definition) is 5. The first-order valence-electron chi connectivity index (χ1n) is 6.35. The van der Waals surface area contributed by atoms with Crippen LogP contribution < -0.4 is 5.32 Å². The van der Waals surface area contributed by atoms with Crippen LogP contribution in [0, 0.1) is 25.2 Å². The third-order valence-electron chi connectivity index (χ3n) is 2.61. The van der Waals surface area contributed by atoms with Gasteiger partial charge in [0.15, 0.2) is 0 Å². The molecule has 0 saturated heterocycles. The highest BCUT2D eigenvalue weighted by molar-refractivity contribution is 8.00. The van der Waals surface area contributed by atoms with Gasteiger partial charge in [-0.25, -0.2) is 4.98 Å². The minimum Gasteiger partial charge on any atom is -0.385 e. The van der Waals surface area contributed by atoms with Gasteiger partial charge in [-0.1, -0.05) is 11.8 Å². The van der Waals surface area contributed by atoms with E-state index in [0.717, 1.165) is 17.7 Å². The van der Waals surface area contributed by atoms with Gasteiger partial charge in [0.2, 0.25) is 5.91 Å². The zero-order valence-electron chi connectivity index (χ0n) is 12.0. The molecule has 0 aliphatic carbocycles. The number of ether oxygens (including phenoxy) is 1. The van der Waals surface area contributed by atoms with Crippen LogP contribution in [-0.4, -0.2) is 36.9 Å². The molecule has 0 aromatic carbocycles. The molecular weight excluding hydrogens is 274 g/mol. The number of methoxy groups -OCH3 is 1. The number of nitriles is 1. The maximum absolute atomic E-state index is 11.7. The Morgan fingerprint density at radius 1 is 1.55 bits per heavy atom. The van der Waals surface area contributed by atoms with E-state index in [1.54, 1.807) is 7.11 Å². The highest BCUT2D eigenvalue weighted by Crippen LogP contribution is 2.23. The Morgan fingerprint density at radius 3 is 2.95 bits per heavy atom. The van der Waals surface area contributed by atoms with Gasteiger partial charge >= 0.3 is 0 Å². The minimum atomic E-state index is -0.0593. The molecule has 1 aromatic rings. The van der Waals surface area contributed by atoms with Gasteiger partial charge in [0.05, 0.1) is 11.3 Å². The topological polar surface area (TPSA) is 75.0 Å². The number of nitrogens with one attached hydrogen (secondary N) is 1. The van der Waals surface area contributed by atoms with Gasteiger partial charge in [0.1, 0.15) is 11.1 Å². The maximum Gasteiger partial charge on any atom is 0.230 e. The fraction of sp³-hybridized carbons (Fsp3) is 0.500. The lowest BCUT2D eigenvalue weighted by Gasteiger charge is -2.08. The van der Waals surface area contributed by atoms with E-state index in [2.05, 4.69) is 16.4 Å². The molecule has 0 saturated carbocycles. The highest BCUT2D eigenvalue weighted by Gasteiger charge is 2.11. The molecule has 6 heteroatoms. The van der Waals surface area contributed by atoms with Gasteiger partial charge < -0.3 is 10.1 Å². The summed E-state index contributed by atoms with van der Waals surface area (Å²) >= 11 is 1.29. The molecule has 1 heterocycles. The molecule has 1 amide bonds. The number of hydrogen-bond donors (Lipinski definition) is 1. The Hall–Kier alpha value is -1.58. The molecular formula is C14H19N3O2S. The second-order valence-electron chi connectivity index (χ2n) is 4.36. The number of nitrogens with zero attached hydrogens (tertiary/aromatic N) is 2. The number of carbonyl (C=O) groups excluding carboxylic acids is 1. The van der Waals surface area contributed by atoms with Crippen LogP contribution in [-0.2, 0) is 9.53 Å². The van der Waals surface area contributed by atoms with E-state index in [1.807, 2.05) is 19.9 Å². The van der Waals surface area contributed by atoms with Crippen molar-refractivity contribution in [1.82, 2.24) is 10.3 Å². The molecule has 0 bridgehead atoms. The Balaban J connectivity index is 2.53. The summed E-state index contributed by atoms with van der Waals surface area (Å²) in [6.45, 7) is 4.98. The molecule has 0 radical (unpaired) electrons. The number of aromatic nitrogens is 1. The van der Waals surface area contributed by atoms with E-state index in [1.165, 1.54) is 11.8 Å². The number of carbonyl (C=O) groups is 1. The molecule has 0 atom stereocenters. The van der Waals surface area contributed by atoms with Crippen LogP contribution in [0.1, 0.15) is 23.2 Å². The molecule has 1 rings (SSSR count). The highest BCUT2D eigenvalue weighted by atomic mass is 32.2. The normalized spacial score (nSPS) is 10.1. The van der Waals surface area contributed by atoms with Gasteiger partial charge in [0, 0.05) is 26.0 Å². The molecule has 0 spiro atoms. The van der Waals surface area contributed by atoms with Gasteiger partial charge in [-0.05, 0) is 31.9 Å². The van der Waals surface area contributed by atoms with Crippen LogP contribution in [0.3, 0.4) is 0 Å². The number of amides is 1. The average Bonchev–Trinajstić information content (AvgIpc) is 2.41. The second kappa shape index (κ2) is 8.56. The lowest BCUT2D eigenvalue weighted by atomic mass is 10.1. The lowest BCUT2D eigenvalue weighted by Crippen LogP contribution is -2.26.